The highest BCUT2D eigenvalue weighted by molar-refractivity contribution is 5.82. The number of hydrogen-bond donors (Lipinski definition) is 2. The first-order valence-corrected chi connectivity index (χ1v) is 8.33. The van der Waals surface area contributed by atoms with Crippen molar-refractivity contribution in [2.45, 2.75) is 45.1 Å². The van der Waals surface area contributed by atoms with Crippen LogP contribution in [-0.4, -0.2) is 48.2 Å². The third-order valence-electron chi connectivity index (χ3n) is 5.57. The van der Waals surface area contributed by atoms with Crippen LogP contribution in [0.1, 0.15) is 39.0 Å². The van der Waals surface area contributed by atoms with E-state index in [0.717, 1.165) is 19.0 Å². The van der Waals surface area contributed by atoms with E-state index in [1.165, 1.54) is 32.1 Å². The second kappa shape index (κ2) is 6.02. The van der Waals surface area contributed by atoms with E-state index in [-0.39, 0.29) is 11.8 Å². The molecule has 0 radical (unpaired) electrons. The summed E-state index contributed by atoms with van der Waals surface area (Å²) in [5, 5.41) is 13.0. The molecular weight excluding hydrogens is 252 g/mol. The van der Waals surface area contributed by atoms with Crippen molar-refractivity contribution in [3.8, 4) is 0 Å². The van der Waals surface area contributed by atoms with Gasteiger partial charge in [0.1, 0.15) is 0 Å². The van der Waals surface area contributed by atoms with Crippen LogP contribution in [0.3, 0.4) is 0 Å². The molecule has 1 heterocycles. The Balaban J connectivity index is 1.33. The van der Waals surface area contributed by atoms with Crippen LogP contribution in [0.15, 0.2) is 0 Å². The standard InChI is InChI=1S/C16H28N2O2/c1-11-5-7-18(8-6-11)10-12(19)9-17-16(20)15-13-3-2-4-14(13)15/h11-15,19H,2-10H2,1H3,(H,17,20). The second-order valence-corrected chi connectivity index (χ2v) is 7.17. The summed E-state index contributed by atoms with van der Waals surface area (Å²) in [4.78, 5) is 14.3. The predicted octanol–water partition coefficient (Wildman–Crippen LogP) is 1.24. The molecule has 114 valence electrons. The van der Waals surface area contributed by atoms with Gasteiger partial charge in [-0.2, -0.15) is 0 Å². The molecular formula is C16H28N2O2. The highest BCUT2D eigenvalue weighted by Gasteiger charge is 2.56. The van der Waals surface area contributed by atoms with Crippen LogP contribution < -0.4 is 5.32 Å². The number of amides is 1. The smallest absolute Gasteiger partial charge is 0.223 e. The van der Waals surface area contributed by atoms with Gasteiger partial charge in [-0.25, -0.2) is 0 Å². The summed E-state index contributed by atoms with van der Waals surface area (Å²) in [6.45, 7) is 5.57. The van der Waals surface area contributed by atoms with Crippen LogP contribution in [0, 0.1) is 23.7 Å². The fourth-order valence-corrected chi connectivity index (χ4v) is 4.15. The van der Waals surface area contributed by atoms with Gasteiger partial charge in [-0.15, -0.1) is 0 Å². The lowest BCUT2D eigenvalue weighted by Gasteiger charge is -2.31. The predicted molar refractivity (Wildman–Crippen MR) is 78.2 cm³/mol. The zero-order chi connectivity index (χ0) is 14.1. The number of aliphatic hydroxyl groups is 1. The molecule has 0 aromatic heterocycles. The van der Waals surface area contributed by atoms with Gasteiger partial charge in [0.15, 0.2) is 0 Å². The summed E-state index contributed by atoms with van der Waals surface area (Å²) in [5.41, 5.74) is 0. The Morgan fingerprint density at radius 2 is 1.90 bits per heavy atom. The van der Waals surface area contributed by atoms with Crippen molar-refractivity contribution in [1.82, 2.24) is 10.2 Å². The molecule has 3 unspecified atom stereocenters. The minimum atomic E-state index is -0.425. The molecule has 3 rings (SSSR count). The van der Waals surface area contributed by atoms with Crippen LogP contribution in [-0.2, 0) is 4.79 Å². The molecule has 0 spiro atoms. The second-order valence-electron chi connectivity index (χ2n) is 7.17. The molecule has 4 heteroatoms. The molecule has 3 fully saturated rings. The van der Waals surface area contributed by atoms with Gasteiger partial charge in [-0.05, 0) is 56.5 Å². The van der Waals surface area contributed by atoms with E-state index < -0.39 is 6.10 Å². The van der Waals surface area contributed by atoms with E-state index in [1.807, 2.05) is 0 Å². The van der Waals surface area contributed by atoms with Crippen molar-refractivity contribution in [3.63, 3.8) is 0 Å². The maximum atomic E-state index is 12.0. The lowest BCUT2D eigenvalue weighted by atomic mass is 9.99. The summed E-state index contributed by atoms with van der Waals surface area (Å²) >= 11 is 0. The average molecular weight is 280 g/mol. The Bertz CT molecular complexity index is 342. The maximum absolute atomic E-state index is 12.0. The molecule has 2 saturated carbocycles. The van der Waals surface area contributed by atoms with Crippen LogP contribution >= 0.6 is 0 Å². The molecule has 1 saturated heterocycles. The van der Waals surface area contributed by atoms with E-state index in [2.05, 4.69) is 17.1 Å². The first kappa shape index (κ1) is 14.3. The molecule has 20 heavy (non-hydrogen) atoms. The van der Waals surface area contributed by atoms with Gasteiger partial charge < -0.3 is 15.3 Å². The summed E-state index contributed by atoms with van der Waals surface area (Å²) < 4.78 is 0. The topological polar surface area (TPSA) is 52.6 Å². The molecule has 2 aliphatic carbocycles. The highest BCUT2D eigenvalue weighted by atomic mass is 16.3. The zero-order valence-electron chi connectivity index (χ0n) is 12.6. The van der Waals surface area contributed by atoms with Crippen LogP contribution in [0.25, 0.3) is 0 Å². The van der Waals surface area contributed by atoms with Gasteiger partial charge in [0.2, 0.25) is 5.91 Å². The van der Waals surface area contributed by atoms with Gasteiger partial charge in [-0.3, -0.25) is 4.79 Å². The summed E-state index contributed by atoms with van der Waals surface area (Å²) in [7, 11) is 0. The van der Waals surface area contributed by atoms with E-state index >= 15 is 0 Å². The number of piperidine rings is 1. The van der Waals surface area contributed by atoms with Crippen molar-refractivity contribution in [2.24, 2.45) is 23.7 Å². The number of nitrogens with zero attached hydrogens (tertiary/aromatic N) is 1. The van der Waals surface area contributed by atoms with Crippen molar-refractivity contribution in [3.05, 3.63) is 0 Å². The van der Waals surface area contributed by atoms with E-state index in [9.17, 15) is 9.90 Å². The Hall–Kier alpha value is -0.610. The van der Waals surface area contributed by atoms with Crippen molar-refractivity contribution < 1.29 is 9.90 Å². The fourth-order valence-electron chi connectivity index (χ4n) is 4.15. The molecule has 0 aromatic rings. The number of nitrogens with one attached hydrogen (secondary N) is 1. The Kier molecular flexibility index (Phi) is 4.32. The van der Waals surface area contributed by atoms with Crippen molar-refractivity contribution in [1.29, 1.82) is 0 Å². The molecule has 0 aromatic carbocycles. The molecule has 1 amide bonds. The van der Waals surface area contributed by atoms with Crippen molar-refractivity contribution in [2.75, 3.05) is 26.2 Å². The summed E-state index contributed by atoms with van der Waals surface area (Å²) in [5.74, 6) is 2.60. The van der Waals surface area contributed by atoms with Crippen LogP contribution in [0.5, 0.6) is 0 Å². The SMILES string of the molecule is CC1CCN(CC(O)CNC(=O)C2C3CCCC32)CC1. The number of aliphatic hydroxyl groups excluding tert-OH is 1. The first-order chi connectivity index (χ1) is 9.65. The molecule has 4 nitrogen and oxygen atoms in total. The summed E-state index contributed by atoms with van der Waals surface area (Å²) in [6.07, 6.45) is 5.80. The molecule has 0 bridgehead atoms. The number of carbonyl (C=O) groups is 1. The third-order valence-corrected chi connectivity index (χ3v) is 5.57. The zero-order valence-corrected chi connectivity index (χ0v) is 12.6. The number of hydrogen-bond acceptors (Lipinski definition) is 3. The number of rotatable bonds is 5. The third kappa shape index (κ3) is 3.17. The molecule has 1 aliphatic heterocycles. The van der Waals surface area contributed by atoms with Crippen LogP contribution in [0.2, 0.25) is 0 Å². The molecule has 3 atom stereocenters. The van der Waals surface area contributed by atoms with Gasteiger partial charge in [0.05, 0.1) is 6.10 Å². The Morgan fingerprint density at radius 3 is 2.55 bits per heavy atom. The monoisotopic (exact) mass is 280 g/mol. The Morgan fingerprint density at radius 1 is 1.25 bits per heavy atom. The van der Waals surface area contributed by atoms with Crippen molar-refractivity contribution >= 4 is 5.91 Å². The van der Waals surface area contributed by atoms with Crippen LogP contribution in [0.4, 0.5) is 0 Å². The lowest BCUT2D eigenvalue weighted by molar-refractivity contribution is -0.123. The Labute approximate surface area is 121 Å². The minimum Gasteiger partial charge on any atom is -0.390 e. The largest absolute Gasteiger partial charge is 0.390 e. The highest BCUT2D eigenvalue weighted by Crippen LogP contribution is 2.57. The number of carbonyl (C=O) groups excluding carboxylic acids is 1. The number of likely N-dealkylation sites (tertiary alicyclic amines) is 1. The summed E-state index contributed by atoms with van der Waals surface area (Å²) in [6, 6.07) is 0. The average Bonchev–Trinajstić information content (AvgIpc) is 2.92. The van der Waals surface area contributed by atoms with Gasteiger partial charge >= 0.3 is 0 Å². The normalized spacial score (nSPS) is 35.6. The van der Waals surface area contributed by atoms with Gasteiger partial charge in [-0.1, -0.05) is 13.3 Å². The molecule has 2 N–H and O–H groups in total. The van der Waals surface area contributed by atoms with E-state index in [1.54, 1.807) is 0 Å². The number of β-amino-alcohol motifs (C(OH)–C–C–N with tert-alkyl or cyclic N) is 1. The maximum Gasteiger partial charge on any atom is 0.223 e. The van der Waals surface area contributed by atoms with Gasteiger partial charge in [0.25, 0.3) is 0 Å². The molecule has 3 aliphatic rings. The van der Waals surface area contributed by atoms with E-state index in [4.69, 9.17) is 0 Å². The minimum absolute atomic E-state index is 0.186. The number of fused-ring (bicyclic) bond motifs is 1. The first-order valence-electron chi connectivity index (χ1n) is 8.33. The van der Waals surface area contributed by atoms with E-state index in [0.29, 0.717) is 24.9 Å². The van der Waals surface area contributed by atoms with Gasteiger partial charge in [0, 0.05) is 19.0 Å². The quantitative estimate of drug-likeness (QED) is 0.797. The lowest BCUT2D eigenvalue weighted by Crippen LogP contribution is -2.43. The fraction of sp³-hybridized carbons (Fsp3) is 0.938.